The van der Waals surface area contributed by atoms with E-state index in [1.807, 2.05) is 6.07 Å². The lowest BCUT2D eigenvalue weighted by Crippen LogP contribution is -2.46. The van der Waals surface area contributed by atoms with Crippen LogP contribution in [0, 0.1) is 23.0 Å². The minimum atomic E-state index is -0.973. The van der Waals surface area contributed by atoms with Crippen LogP contribution >= 0.6 is 0 Å². The average molecular weight is 343 g/mol. The molecule has 0 aliphatic heterocycles. The van der Waals surface area contributed by atoms with Crippen molar-refractivity contribution < 1.29 is 18.4 Å². The van der Waals surface area contributed by atoms with E-state index in [9.17, 15) is 18.4 Å². The smallest absolute Gasteiger partial charge is 0.240 e. The van der Waals surface area contributed by atoms with Crippen molar-refractivity contribution in [2.24, 2.45) is 5.73 Å². The summed E-state index contributed by atoms with van der Waals surface area (Å²) in [4.78, 5) is 23.6. The third kappa shape index (κ3) is 5.39. The number of hydrogen-bond acceptors (Lipinski definition) is 3. The first-order valence-corrected chi connectivity index (χ1v) is 7.40. The van der Waals surface area contributed by atoms with Crippen molar-refractivity contribution in [3.63, 3.8) is 0 Å². The number of nitrogens with one attached hydrogen (secondary N) is 1. The highest BCUT2D eigenvalue weighted by Gasteiger charge is 2.19. The molecule has 0 unspecified atom stereocenters. The van der Waals surface area contributed by atoms with Crippen LogP contribution in [0.1, 0.15) is 16.7 Å². The number of benzene rings is 2. The van der Waals surface area contributed by atoms with Crippen LogP contribution < -0.4 is 11.1 Å². The van der Waals surface area contributed by atoms with Crippen LogP contribution in [-0.4, -0.2) is 17.9 Å². The number of nitriles is 1. The quantitative estimate of drug-likeness (QED) is 0.834. The molecule has 3 N–H and O–H groups in total. The van der Waals surface area contributed by atoms with Gasteiger partial charge in [-0.25, -0.2) is 8.78 Å². The van der Waals surface area contributed by atoms with Gasteiger partial charge in [0.05, 0.1) is 18.1 Å². The van der Waals surface area contributed by atoms with E-state index in [-0.39, 0.29) is 18.4 Å². The van der Waals surface area contributed by atoms with Crippen LogP contribution in [0.4, 0.5) is 8.78 Å². The number of nitrogens with two attached hydrogens (primary N) is 1. The number of primary amides is 1. The zero-order valence-electron chi connectivity index (χ0n) is 13.1. The maximum Gasteiger partial charge on any atom is 0.240 e. The van der Waals surface area contributed by atoms with E-state index < -0.39 is 29.5 Å². The minimum Gasteiger partial charge on any atom is -0.368 e. The Morgan fingerprint density at radius 2 is 1.68 bits per heavy atom. The lowest BCUT2D eigenvalue weighted by atomic mass is 10.0. The summed E-state index contributed by atoms with van der Waals surface area (Å²) in [6.45, 7) is 0. The second-order valence-corrected chi connectivity index (χ2v) is 5.49. The molecule has 0 bridgehead atoms. The van der Waals surface area contributed by atoms with Crippen molar-refractivity contribution in [1.29, 1.82) is 5.26 Å². The molecule has 0 saturated carbocycles. The Kier molecular flexibility index (Phi) is 5.79. The molecule has 7 heteroatoms. The van der Waals surface area contributed by atoms with Crippen molar-refractivity contribution in [2.45, 2.75) is 18.9 Å². The average Bonchev–Trinajstić information content (AvgIpc) is 2.53. The highest BCUT2D eigenvalue weighted by molar-refractivity contribution is 5.87. The Labute approximate surface area is 143 Å². The van der Waals surface area contributed by atoms with Crippen LogP contribution in [-0.2, 0) is 22.4 Å². The summed E-state index contributed by atoms with van der Waals surface area (Å²) >= 11 is 0. The molecule has 5 nitrogen and oxygen atoms in total. The standard InChI is InChI=1S/C18H15F2N3O2/c19-14-5-13(6-15(20)9-14)8-17(24)23-16(18(22)25)7-11-1-3-12(10-21)4-2-11/h1-6,9,16H,7-8H2,(H2,22,25)(H,23,24)/t16-/m1/s1. The molecule has 25 heavy (non-hydrogen) atoms. The Morgan fingerprint density at radius 3 is 2.20 bits per heavy atom. The monoisotopic (exact) mass is 343 g/mol. The molecule has 0 aliphatic carbocycles. The van der Waals surface area contributed by atoms with E-state index in [4.69, 9.17) is 11.0 Å². The molecule has 0 radical (unpaired) electrons. The number of amides is 2. The van der Waals surface area contributed by atoms with Crippen molar-refractivity contribution >= 4 is 11.8 Å². The van der Waals surface area contributed by atoms with Crippen molar-refractivity contribution in [2.75, 3.05) is 0 Å². The number of nitrogens with zero attached hydrogens (tertiary/aromatic N) is 1. The Bertz CT molecular complexity index is 809. The zero-order chi connectivity index (χ0) is 18.4. The largest absolute Gasteiger partial charge is 0.368 e. The summed E-state index contributed by atoms with van der Waals surface area (Å²) in [6.07, 6.45) is -0.143. The van der Waals surface area contributed by atoms with Gasteiger partial charge in [-0.1, -0.05) is 12.1 Å². The molecule has 0 spiro atoms. The van der Waals surface area contributed by atoms with Gasteiger partial charge < -0.3 is 11.1 Å². The molecule has 128 valence electrons. The third-order valence-corrected chi connectivity index (χ3v) is 3.49. The summed E-state index contributed by atoms with van der Waals surface area (Å²) in [7, 11) is 0. The molecule has 0 fully saturated rings. The maximum atomic E-state index is 13.1. The van der Waals surface area contributed by atoms with E-state index in [2.05, 4.69) is 5.32 Å². The SMILES string of the molecule is N#Cc1ccc(C[C@@H](NC(=O)Cc2cc(F)cc(F)c2)C(N)=O)cc1. The van der Waals surface area contributed by atoms with E-state index in [0.29, 0.717) is 17.2 Å². The lowest BCUT2D eigenvalue weighted by molar-refractivity contribution is -0.127. The Hall–Kier alpha value is -3.27. The molecule has 2 amide bonds. The first-order chi connectivity index (χ1) is 11.9. The van der Waals surface area contributed by atoms with Crippen molar-refractivity contribution in [3.8, 4) is 6.07 Å². The van der Waals surface area contributed by atoms with Gasteiger partial charge >= 0.3 is 0 Å². The molecule has 0 aromatic heterocycles. The van der Waals surface area contributed by atoms with Gasteiger partial charge in [0.2, 0.25) is 11.8 Å². The van der Waals surface area contributed by atoms with E-state index in [1.165, 1.54) is 0 Å². The Balaban J connectivity index is 2.03. The normalized spacial score (nSPS) is 11.4. The molecule has 0 aliphatic rings. The summed E-state index contributed by atoms with van der Waals surface area (Å²) < 4.78 is 26.3. The van der Waals surface area contributed by atoms with E-state index >= 15 is 0 Å². The first kappa shape index (κ1) is 18.1. The Morgan fingerprint density at radius 1 is 1.08 bits per heavy atom. The van der Waals surface area contributed by atoms with E-state index in [1.54, 1.807) is 24.3 Å². The molecule has 2 rings (SSSR count). The van der Waals surface area contributed by atoms with Crippen molar-refractivity contribution in [1.82, 2.24) is 5.32 Å². The number of carbonyl (C=O) groups is 2. The highest BCUT2D eigenvalue weighted by atomic mass is 19.1. The molecular weight excluding hydrogens is 328 g/mol. The van der Waals surface area contributed by atoms with Gasteiger partial charge in [0.1, 0.15) is 17.7 Å². The predicted molar refractivity (Wildman–Crippen MR) is 86.0 cm³/mol. The fourth-order valence-corrected chi connectivity index (χ4v) is 2.32. The van der Waals surface area contributed by atoms with Gasteiger partial charge in [-0.2, -0.15) is 5.26 Å². The molecule has 1 atom stereocenters. The van der Waals surface area contributed by atoms with Crippen LogP contribution in [0.5, 0.6) is 0 Å². The number of hydrogen-bond donors (Lipinski definition) is 2. The maximum absolute atomic E-state index is 13.1. The molecular formula is C18H15F2N3O2. The number of halogens is 2. The molecule has 2 aromatic rings. The predicted octanol–water partition coefficient (Wildman–Crippen LogP) is 1.59. The number of carbonyl (C=O) groups excluding carboxylic acids is 2. The van der Waals surface area contributed by atoms with Gasteiger partial charge in [0.25, 0.3) is 0 Å². The van der Waals surface area contributed by atoms with E-state index in [0.717, 1.165) is 12.1 Å². The van der Waals surface area contributed by atoms with Gasteiger partial charge in [0, 0.05) is 12.5 Å². The first-order valence-electron chi connectivity index (χ1n) is 7.40. The van der Waals surface area contributed by atoms with Crippen LogP contribution in [0.25, 0.3) is 0 Å². The molecule has 2 aromatic carbocycles. The van der Waals surface area contributed by atoms with Gasteiger partial charge in [-0.05, 0) is 35.4 Å². The second-order valence-electron chi connectivity index (χ2n) is 5.49. The van der Waals surface area contributed by atoms with Gasteiger partial charge in [-0.3, -0.25) is 9.59 Å². The summed E-state index contributed by atoms with van der Waals surface area (Å²) in [5.74, 6) is -2.88. The zero-order valence-corrected chi connectivity index (χ0v) is 13.1. The topological polar surface area (TPSA) is 96.0 Å². The second kappa shape index (κ2) is 8.02. The summed E-state index contributed by atoms with van der Waals surface area (Å²) in [6, 6.07) is 10.3. The third-order valence-electron chi connectivity index (χ3n) is 3.49. The number of rotatable bonds is 6. The van der Waals surface area contributed by atoms with Crippen LogP contribution in [0.2, 0.25) is 0 Å². The minimum absolute atomic E-state index is 0.143. The van der Waals surface area contributed by atoms with Gasteiger partial charge in [0.15, 0.2) is 0 Å². The highest BCUT2D eigenvalue weighted by Crippen LogP contribution is 2.10. The fraction of sp³-hybridized carbons (Fsp3) is 0.167. The summed E-state index contributed by atoms with van der Waals surface area (Å²) in [5, 5.41) is 11.2. The van der Waals surface area contributed by atoms with Crippen molar-refractivity contribution in [3.05, 3.63) is 70.8 Å². The molecule has 0 heterocycles. The van der Waals surface area contributed by atoms with Crippen LogP contribution in [0.15, 0.2) is 42.5 Å². The van der Waals surface area contributed by atoms with Gasteiger partial charge in [-0.15, -0.1) is 0 Å². The summed E-state index contributed by atoms with van der Waals surface area (Å²) in [5.41, 5.74) is 6.63. The fourth-order valence-electron chi connectivity index (χ4n) is 2.32. The van der Waals surface area contributed by atoms with Crippen LogP contribution in [0.3, 0.4) is 0 Å². The molecule has 0 saturated heterocycles. The lowest BCUT2D eigenvalue weighted by Gasteiger charge is -2.16.